The van der Waals surface area contributed by atoms with Gasteiger partial charge in [-0.05, 0) is 37.0 Å². The van der Waals surface area contributed by atoms with E-state index in [4.69, 9.17) is 9.47 Å². The highest BCUT2D eigenvalue weighted by Crippen LogP contribution is 2.19. The molecule has 1 aliphatic heterocycles. The second-order valence-corrected chi connectivity index (χ2v) is 6.10. The Balaban J connectivity index is 1.47. The molecule has 2 aromatic rings. The van der Waals surface area contributed by atoms with Gasteiger partial charge < -0.3 is 14.8 Å². The highest BCUT2D eigenvalue weighted by Gasteiger charge is 2.16. The van der Waals surface area contributed by atoms with Crippen LogP contribution in [0.25, 0.3) is 0 Å². The highest BCUT2D eigenvalue weighted by molar-refractivity contribution is 5.90. The van der Waals surface area contributed by atoms with Crippen molar-refractivity contribution >= 4 is 11.6 Å². The number of rotatable bonds is 7. The molecule has 2 heterocycles. The summed E-state index contributed by atoms with van der Waals surface area (Å²) >= 11 is 0. The number of carbonyl (C=O) groups is 1. The number of ether oxygens (including phenoxy) is 2. The van der Waals surface area contributed by atoms with Gasteiger partial charge in [0.25, 0.3) is 0 Å². The van der Waals surface area contributed by atoms with Crippen molar-refractivity contribution in [2.75, 3.05) is 19.0 Å². The van der Waals surface area contributed by atoms with Crippen molar-refractivity contribution in [1.29, 1.82) is 0 Å². The largest absolute Gasteiger partial charge is 0.494 e. The van der Waals surface area contributed by atoms with Gasteiger partial charge in [-0.2, -0.15) is 5.10 Å². The maximum Gasteiger partial charge on any atom is 0.224 e. The maximum atomic E-state index is 13.6. The van der Waals surface area contributed by atoms with Gasteiger partial charge in [-0.1, -0.05) is 6.07 Å². The quantitative estimate of drug-likeness (QED) is 0.836. The molecule has 3 rings (SSSR count). The number of benzene rings is 1. The van der Waals surface area contributed by atoms with E-state index in [1.807, 2.05) is 0 Å². The third kappa shape index (κ3) is 4.79. The van der Waals surface area contributed by atoms with E-state index in [0.717, 1.165) is 25.0 Å². The minimum atomic E-state index is -0.421. The summed E-state index contributed by atoms with van der Waals surface area (Å²) in [6.07, 6.45) is 6.47. The first-order chi connectivity index (χ1) is 12.1. The summed E-state index contributed by atoms with van der Waals surface area (Å²) in [5.74, 6) is -0.351. The fraction of sp³-hybridized carbons (Fsp3) is 0.444. The molecule has 1 aromatic heterocycles. The number of amides is 1. The van der Waals surface area contributed by atoms with Gasteiger partial charge in [-0.3, -0.25) is 9.48 Å². The molecule has 1 atom stereocenters. The third-order valence-electron chi connectivity index (χ3n) is 4.19. The Morgan fingerprint density at radius 3 is 3.12 bits per heavy atom. The Bertz CT molecular complexity index is 726. The lowest BCUT2D eigenvalue weighted by molar-refractivity contribution is -0.116. The van der Waals surface area contributed by atoms with Crippen LogP contribution in [0.1, 0.15) is 24.8 Å². The standard InChI is InChI=1S/C18H22FN3O3/c1-24-17-6-4-13(9-16(17)19)5-7-18(23)21-14-10-20-22(11-14)12-15-3-2-8-25-15/h4,6,9-11,15H,2-3,5,7-8,12H2,1H3,(H,21,23)/t15-/m1/s1. The van der Waals surface area contributed by atoms with Crippen LogP contribution in [-0.2, 0) is 22.5 Å². The molecule has 0 aliphatic carbocycles. The molecule has 0 unspecified atom stereocenters. The van der Waals surface area contributed by atoms with Crippen molar-refractivity contribution in [1.82, 2.24) is 9.78 Å². The fourth-order valence-electron chi connectivity index (χ4n) is 2.87. The minimum absolute atomic E-state index is 0.132. The van der Waals surface area contributed by atoms with Crippen LogP contribution in [0.5, 0.6) is 5.75 Å². The van der Waals surface area contributed by atoms with Gasteiger partial charge in [0.05, 0.1) is 31.6 Å². The zero-order valence-corrected chi connectivity index (χ0v) is 14.2. The van der Waals surface area contributed by atoms with Crippen molar-refractivity contribution in [2.24, 2.45) is 0 Å². The average Bonchev–Trinajstić information content (AvgIpc) is 3.26. The zero-order valence-electron chi connectivity index (χ0n) is 14.2. The van der Waals surface area contributed by atoms with Gasteiger partial charge in [0, 0.05) is 19.2 Å². The monoisotopic (exact) mass is 347 g/mol. The summed E-state index contributed by atoms with van der Waals surface area (Å²) in [6, 6.07) is 4.72. The smallest absolute Gasteiger partial charge is 0.224 e. The summed E-state index contributed by atoms with van der Waals surface area (Å²) in [5, 5.41) is 7.05. The first-order valence-electron chi connectivity index (χ1n) is 8.40. The molecular weight excluding hydrogens is 325 g/mol. The van der Waals surface area contributed by atoms with Crippen LogP contribution in [-0.4, -0.2) is 35.5 Å². The number of hydrogen-bond acceptors (Lipinski definition) is 4. The molecule has 0 saturated carbocycles. The van der Waals surface area contributed by atoms with Crippen LogP contribution in [0.3, 0.4) is 0 Å². The van der Waals surface area contributed by atoms with Gasteiger partial charge >= 0.3 is 0 Å². The first kappa shape index (κ1) is 17.4. The van der Waals surface area contributed by atoms with E-state index in [1.54, 1.807) is 29.2 Å². The maximum absolute atomic E-state index is 13.6. The van der Waals surface area contributed by atoms with E-state index in [9.17, 15) is 9.18 Å². The van der Waals surface area contributed by atoms with Crippen molar-refractivity contribution in [3.05, 3.63) is 42.0 Å². The molecule has 0 spiro atoms. The molecular formula is C18H22FN3O3. The Hall–Kier alpha value is -2.41. The Morgan fingerprint density at radius 1 is 1.52 bits per heavy atom. The van der Waals surface area contributed by atoms with Crippen LogP contribution < -0.4 is 10.1 Å². The molecule has 6 nitrogen and oxygen atoms in total. The number of nitrogens with zero attached hydrogens (tertiary/aromatic N) is 2. The van der Waals surface area contributed by atoms with Gasteiger partial charge in [-0.15, -0.1) is 0 Å². The second kappa shape index (κ2) is 8.11. The lowest BCUT2D eigenvalue weighted by atomic mass is 10.1. The number of methoxy groups -OCH3 is 1. The van der Waals surface area contributed by atoms with Crippen molar-refractivity contribution in [3.8, 4) is 5.75 Å². The molecule has 134 valence electrons. The zero-order chi connectivity index (χ0) is 17.6. The van der Waals surface area contributed by atoms with Crippen molar-refractivity contribution in [3.63, 3.8) is 0 Å². The SMILES string of the molecule is COc1ccc(CCC(=O)Nc2cnn(C[C@H]3CCCO3)c2)cc1F. The lowest BCUT2D eigenvalue weighted by Crippen LogP contribution is -2.15. The molecule has 1 aliphatic rings. The minimum Gasteiger partial charge on any atom is -0.494 e. The number of hydrogen-bond donors (Lipinski definition) is 1. The molecule has 0 bridgehead atoms. The number of halogens is 1. The molecule has 7 heteroatoms. The van der Waals surface area contributed by atoms with Crippen LogP contribution in [0.2, 0.25) is 0 Å². The number of aromatic nitrogens is 2. The van der Waals surface area contributed by atoms with Crippen LogP contribution >= 0.6 is 0 Å². The number of nitrogens with one attached hydrogen (secondary N) is 1. The van der Waals surface area contributed by atoms with Gasteiger partial charge in [0.1, 0.15) is 0 Å². The fourth-order valence-corrected chi connectivity index (χ4v) is 2.87. The van der Waals surface area contributed by atoms with Crippen LogP contribution in [0.4, 0.5) is 10.1 Å². The van der Waals surface area contributed by atoms with E-state index in [-0.39, 0.29) is 24.2 Å². The van der Waals surface area contributed by atoms with Gasteiger partial charge in [0.15, 0.2) is 11.6 Å². The van der Waals surface area contributed by atoms with E-state index in [1.165, 1.54) is 13.2 Å². The Labute approximate surface area is 145 Å². The third-order valence-corrected chi connectivity index (χ3v) is 4.19. The van der Waals surface area contributed by atoms with Gasteiger partial charge in [-0.25, -0.2) is 4.39 Å². The molecule has 1 amide bonds. The highest BCUT2D eigenvalue weighted by atomic mass is 19.1. The Morgan fingerprint density at radius 2 is 2.40 bits per heavy atom. The molecule has 0 radical (unpaired) electrons. The lowest BCUT2D eigenvalue weighted by Gasteiger charge is -2.08. The summed E-state index contributed by atoms with van der Waals surface area (Å²) in [5.41, 5.74) is 1.41. The topological polar surface area (TPSA) is 65.4 Å². The number of aryl methyl sites for hydroxylation is 1. The second-order valence-electron chi connectivity index (χ2n) is 6.10. The normalized spacial score (nSPS) is 16.8. The van der Waals surface area contributed by atoms with Gasteiger partial charge in [0.2, 0.25) is 5.91 Å². The van der Waals surface area contributed by atoms with Crippen molar-refractivity contribution in [2.45, 2.75) is 38.3 Å². The first-order valence-corrected chi connectivity index (χ1v) is 8.40. The summed E-state index contributed by atoms with van der Waals surface area (Å²) in [4.78, 5) is 12.1. The summed E-state index contributed by atoms with van der Waals surface area (Å²) in [7, 11) is 1.42. The number of anilines is 1. The molecule has 1 aromatic carbocycles. The van der Waals surface area contributed by atoms with E-state index in [0.29, 0.717) is 18.7 Å². The van der Waals surface area contributed by atoms with Crippen LogP contribution in [0, 0.1) is 5.82 Å². The molecule has 1 fully saturated rings. The summed E-state index contributed by atoms with van der Waals surface area (Å²) < 4.78 is 25.9. The predicted molar refractivity (Wildman–Crippen MR) is 91.1 cm³/mol. The molecule has 1 saturated heterocycles. The number of carbonyl (C=O) groups excluding carboxylic acids is 1. The van der Waals surface area contributed by atoms with Crippen LogP contribution in [0.15, 0.2) is 30.6 Å². The van der Waals surface area contributed by atoms with E-state index in [2.05, 4.69) is 10.4 Å². The van der Waals surface area contributed by atoms with E-state index >= 15 is 0 Å². The van der Waals surface area contributed by atoms with Crippen molar-refractivity contribution < 1.29 is 18.7 Å². The average molecular weight is 347 g/mol. The molecule has 1 N–H and O–H groups in total. The Kier molecular flexibility index (Phi) is 5.65. The summed E-state index contributed by atoms with van der Waals surface area (Å²) in [6.45, 7) is 1.50. The molecule has 25 heavy (non-hydrogen) atoms. The predicted octanol–water partition coefficient (Wildman–Crippen LogP) is 2.78. The van der Waals surface area contributed by atoms with E-state index < -0.39 is 5.82 Å².